The van der Waals surface area contributed by atoms with E-state index in [0.29, 0.717) is 5.02 Å². The van der Waals surface area contributed by atoms with Gasteiger partial charge < -0.3 is 9.64 Å². The van der Waals surface area contributed by atoms with Gasteiger partial charge in [0.1, 0.15) is 5.75 Å². The number of benzene rings is 1. The zero-order valence-corrected chi connectivity index (χ0v) is 16.9. The summed E-state index contributed by atoms with van der Waals surface area (Å²) in [5.41, 5.74) is 0.956. The highest BCUT2D eigenvalue weighted by molar-refractivity contribution is 6.30. The molecule has 0 radical (unpaired) electrons. The van der Waals surface area contributed by atoms with Gasteiger partial charge in [-0.25, -0.2) is 0 Å². The minimum Gasteiger partial charge on any atom is -0.483 e. The first-order valence-electron chi connectivity index (χ1n) is 9.75. The van der Waals surface area contributed by atoms with Crippen LogP contribution in [0.15, 0.2) is 18.2 Å². The van der Waals surface area contributed by atoms with Gasteiger partial charge in [-0.1, -0.05) is 64.0 Å². The van der Waals surface area contributed by atoms with Gasteiger partial charge in [-0.05, 0) is 43.5 Å². The minimum absolute atomic E-state index is 0.0855. The van der Waals surface area contributed by atoms with E-state index in [1.165, 1.54) is 38.5 Å². The Hall–Kier alpha value is -1.22. The lowest BCUT2D eigenvalue weighted by Gasteiger charge is -2.23. The molecule has 1 rings (SSSR count). The van der Waals surface area contributed by atoms with Crippen LogP contribution in [0.1, 0.15) is 70.8 Å². The maximum atomic E-state index is 12.6. The van der Waals surface area contributed by atoms with Gasteiger partial charge in [0.05, 0.1) is 0 Å². The first-order chi connectivity index (χ1) is 12.1. The van der Waals surface area contributed by atoms with Crippen molar-refractivity contribution in [3.05, 3.63) is 28.8 Å². The van der Waals surface area contributed by atoms with Gasteiger partial charge in [-0.15, -0.1) is 0 Å². The summed E-state index contributed by atoms with van der Waals surface area (Å²) in [5, 5.41) is 0.685. The number of nitrogens with zero attached hydrogens (tertiary/aromatic N) is 1. The number of ether oxygens (including phenoxy) is 1. The smallest absolute Gasteiger partial charge is 0.260 e. The Labute approximate surface area is 158 Å². The predicted molar refractivity (Wildman–Crippen MR) is 107 cm³/mol. The van der Waals surface area contributed by atoms with Gasteiger partial charge in [0.25, 0.3) is 5.91 Å². The number of hydrogen-bond donors (Lipinski definition) is 0. The number of aryl methyl sites for hydroxylation is 1. The van der Waals surface area contributed by atoms with E-state index in [1.54, 1.807) is 6.07 Å². The van der Waals surface area contributed by atoms with Crippen LogP contribution in [0.2, 0.25) is 5.02 Å². The highest BCUT2D eigenvalue weighted by Gasteiger charge is 2.14. The first kappa shape index (κ1) is 21.8. The molecule has 0 atom stereocenters. The van der Waals surface area contributed by atoms with E-state index in [-0.39, 0.29) is 12.5 Å². The Morgan fingerprint density at radius 3 is 2.12 bits per heavy atom. The number of halogens is 1. The van der Waals surface area contributed by atoms with Crippen molar-refractivity contribution in [3.8, 4) is 5.75 Å². The Balaban J connectivity index is 2.50. The van der Waals surface area contributed by atoms with Crippen molar-refractivity contribution in [1.82, 2.24) is 4.90 Å². The molecule has 0 N–H and O–H groups in total. The Bertz CT molecular complexity index is 493. The fraction of sp³-hybridized carbons (Fsp3) is 0.667. The third-order valence-corrected chi connectivity index (χ3v) is 4.64. The maximum absolute atomic E-state index is 12.6. The van der Waals surface area contributed by atoms with E-state index >= 15 is 0 Å². The molecule has 0 spiro atoms. The number of rotatable bonds is 13. The summed E-state index contributed by atoms with van der Waals surface area (Å²) in [6.45, 7) is 8.14. The lowest BCUT2D eigenvalue weighted by atomic mass is 10.1. The molecule has 0 heterocycles. The molecule has 25 heavy (non-hydrogen) atoms. The molecule has 0 unspecified atom stereocenters. The van der Waals surface area contributed by atoms with Gasteiger partial charge in [-0.3, -0.25) is 4.79 Å². The molecule has 0 aromatic heterocycles. The fourth-order valence-electron chi connectivity index (χ4n) is 2.83. The van der Waals surface area contributed by atoms with Crippen LogP contribution in [0.3, 0.4) is 0 Å². The average Bonchev–Trinajstić information content (AvgIpc) is 2.59. The van der Waals surface area contributed by atoms with Gasteiger partial charge in [0.15, 0.2) is 6.61 Å². The second-order valence-corrected chi connectivity index (χ2v) is 7.14. The molecule has 3 nitrogen and oxygen atoms in total. The Morgan fingerprint density at radius 1 is 1.00 bits per heavy atom. The number of unbranched alkanes of at least 4 members (excludes halogenated alkanes) is 6. The molecule has 0 fully saturated rings. The molecule has 1 amide bonds. The molecular weight excluding hydrogens is 334 g/mol. The zero-order chi connectivity index (χ0) is 18.5. The van der Waals surface area contributed by atoms with Gasteiger partial charge in [0, 0.05) is 18.1 Å². The van der Waals surface area contributed by atoms with Crippen LogP contribution in [-0.2, 0) is 4.79 Å². The van der Waals surface area contributed by atoms with Gasteiger partial charge in [-0.2, -0.15) is 0 Å². The zero-order valence-electron chi connectivity index (χ0n) is 16.2. The highest BCUT2D eigenvalue weighted by atomic mass is 35.5. The van der Waals surface area contributed by atoms with Crippen molar-refractivity contribution in [2.24, 2.45) is 0 Å². The third-order valence-electron chi connectivity index (χ3n) is 4.40. The topological polar surface area (TPSA) is 29.5 Å². The lowest BCUT2D eigenvalue weighted by molar-refractivity contribution is -0.133. The van der Waals surface area contributed by atoms with Crippen molar-refractivity contribution >= 4 is 17.5 Å². The van der Waals surface area contributed by atoms with E-state index < -0.39 is 0 Å². The second-order valence-electron chi connectivity index (χ2n) is 6.70. The summed E-state index contributed by atoms with van der Waals surface area (Å²) in [4.78, 5) is 14.6. The summed E-state index contributed by atoms with van der Waals surface area (Å²) in [6, 6.07) is 5.48. The second kappa shape index (κ2) is 13.0. The SMILES string of the molecule is CCCCCCN(CCCCCC)C(=O)COc1ccc(Cl)cc1C. The van der Waals surface area contributed by atoms with Gasteiger partial charge in [0.2, 0.25) is 0 Å². The number of hydrogen-bond acceptors (Lipinski definition) is 2. The van der Waals surface area contributed by atoms with Gasteiger partial charge >= 0.3 is 0 Å². The van der Waals surface area contributed by atoms with Crippen molar-refractivity contribution in [3.63, 3.8) is 0 Å². The lowest BCUT2D eigenvalue weighted by Crippen LogP contribution is -2.36. The molecule has 0 aliphatic carbocycles. The third kappa shape index (κ3) is 9.15. The van der Waals surface area contributed by atoms with E-state index in [9.17, 15) is 4.79 Å². The molecule has 4 heteroatoms. The van der Waals surface area contributed by atoms with Crippen molar-refractivity contribution < 1.29 is 9.53 Å². The van der Waals surface area contributed by atoms with E-state index in [2.05, 4.69) is 13.8 Å². The minimum atomic E-state index is 0.0855. The standard InChI is InChI=1S/C21H34ClNO2/c1-4-6-8-10-14-23(15-11-9-7-5-2)21(24)17-25-20-13-12-19(22)16-18(20)3/h12-13,16H,4-11,14-15,17H2,1-3H3. The highest BCUT2D eigenvalue weighted by Crippen LogP contribution is 2.21. The summed E-state index contributed by atoms with van der Waals surface area (Å²) >= 11 is 5.97. The van der Waals surface area contributed by atoms with Crippen LogP contribution in [0.25, 0.3) is 0 Å². The summed E-state index contributed by atoms with van der Waals surface area (Å²) in [6.07, 6.45) is 9.42. The number of carbonyl (C=O) groups excluding carboxylic acids is 1. The summed E-state index contributed by atoms with van der Waals surface area (Å²) in [5.74, 6) is 0.817. The normalized spacial score (nSPS) is 10.7. The molecule has 0 saturated heterocycles. The Morgan fingerprint density at radius 2 is 1.60 bits per heavy atom. The average molecular weight is 368 g/mol. The molecule has 0 saturated carbocycles. The summed E-state index contributed by atoms with van der Waals surface area (Å²) in [7, 11) is 0. The molecule has 0 bridgehead atoms. The maximum Gasteiger partial charge on any atom is 0.260 e. The molecule has 0 aliphatic rings. The Kier molecular flexibility index (Phi) is 11.4. The van der Waals surface area contributed by atoms with E-state index in [1.807, 2.05) is 24.0 Å². The van der Waals surface area contributed by atoms with Crippen LogP contribution in [0.5, 0.6) is 5.75 Å². The fourth-order valence-corrected chi connectivity index (χ4v) is 3.05. The number of amides is 1. The van der Waals surface area contributed by atoms with Crippen LogP contribution < -0.4 is 4.74 Å². The van der Waals surface area contributed by atoms with E-state index in [4.69, 9.17) is 16.3 Å². The van der Waals surface area contributed by atoms with Crippen molar-refractivity contribution in [2.75, 3.05) is 19.7 Å². The predicted octanol–water partition coefficient (Wildman–Crippen LogP) is 6.02. The molecule has 1 aromatic carbocycles. The largest absolute Gasteiger partial charge is 0.483 e. The summed E-state index contributed by atoms with van der Waals surface area (Å²) < 4.78 is 5.74. The monoisotopic (exact) mass is 367 g/mol. The molecule has 1 aromatic rings. The quantitative estimate of drug-likeness (QED) is 0.399. The van der Waals surface area contributed by atoms with Crippen LogP contribution >= 0.6 is 11.6 Å². The molecule has 0 aliphatic heterocycles. The van der Waals surface area contributed by atoms with Crippen molar-refractivity contribution in [1.29, 1.82) is 0 Å². The first-order valence-corrected chi connectivity index (χ1v) is 10.1. The van der Waals surface area contributed by atoms with Crippen LogP contribution in [0, 0.1) is 6.92 Å². The molecule has 142 valence electrons. The van der Waals surface area contributed by atoms with Crippen LogP contribution in [-0.4, -0.2) is 30.5 Å². The number of carbonyl (C=O) groups is 1. The van der Waals surface area contributed by atoms with Crippen LogP contribution in [0.4, 0.5) is 0 Å². The van der Waals surface area contributed by atoms with E-state index in [0.717, 1.165) is 37.2 Å². The molecular formula is C21H34ClNO2. The van der Waals surface area contributed by atoms with Crippen molar-refractivity contribution in [2.45, 2.75) is 72.1 Å².